The summed E-state index contributed by atoms with van der Waals surface area (Å²) in [7, 11) is -3.66. The first kappa shape index (κ1) is 15.9. The summed E-state index contributed by atoms with van der Waals surface area (Å²) >= 11 is 1.07. The van der Waals surface area contributed by atoms with Gasteiger partial charge in [-0.05, 0) is 30.7 Å². The summed E-state index contributed by atoms with van der Waals surface area (Å²) in [5.41, 5.74) is 0. The number of carboxylic acid groups (broad SMARTS) is 1. The van der Waals surface area contributed by atoms with Crippen LogP contribution in [-0.2, 0) is 19.6 Å². The third-order valence-corrected chi connectivity index (χ3v) is 6.13. The SMILES string of the molecule is O=C(CNS(=O)(=O)c1cccs1)N[C@H]1CC[C@@H](C(=O)O)C1. The van der Waals surface area contributed by atoms with E-state index < -0.39 is 27.8 Å². The Morgan fingerprint density at radius 3 is 2.71 bits per heavy atom. The zero-order valence-corrected chi connectivity index (χ0v) is 12.7. The van der Waals surface area contributed by atoms with Crippen molar-refractivity contribution in [1.29, 1.82) is 0 Å². The van der Waals surface area contributed by atoms with Gasteiger partial charge in [0.25, 0.3) is 10.0 Å². The van der Waals surface area contributed by atoms with E-state index in [1.165, 1.54) is 6.07 Å². The van der Waals surface area contributed by atoms with E-state index in [9.17, 15) is 18.0 Å². The lowest BCUT2D eigenvalue weighted by molar-refractivity contribution is -0.141. The van der Waals surface area contributed by atoms with Gasteiger partial charge in [-0.2, -0.15) is 0 Å². The second-order valence-corrected chi connectivity index (χ2v) is 7.81. The van der Waals surface area contributed by atoms with Gasteiger partial charge in [0.1, 0.15) is 4.21 Å². The molecule has 1 aromatic rings. The molecular weight excluding hydrogens is 316 g/mol. The van der Waals surface area contributed by atoms with E-state index in [1.807, 2.05) is 0 Å². The lowest BCUT2D eigenvalue weighted by Crippen LogP contribution is -2.41. The Labute approximate surface area is 126 Å². The lowest BCUT2D eigenvalue weighted by Gasteiger charge is -2.12. The van der Waals surface area contributed by atoms with E-state index in [0.717, 1.165) is 11.3 Å². The van der Waals surface area contributed by atoms with E-state index in [0.29, 0.717) is 19.3 Å². The molecule has 2 atom stereocenters. The van der Waals surface area contributed by atoms with Crippen molar-refractivity contribution in [1.82, 2.24) is 10.0 Å². The molecule has 0 spiro atoms. The van der Waals surface area contributed by atoms with Gasteiger partial charge in [-0.3, -0.25) is 9.59 Å². The van der Waals surface area contributed by atoms with Crippen molar-refractivity contribution in [3.8, 4) is 0 Å². The zero-order valence-electron chi connectivity index (χ0n) is 11.1. The summed E-state index contributed by atoms with van der Waals surface area (Å²) in [6, 6.07) is 2.87. The Morgan fingerprint density at radius 2 is 2.14 bits per heavy atom. The van der Waals surface area contributed by atoms with Crippen LogP contribution in [0.1, 0.15) is 19.3 Å². The highest BCUT2D eigenvalue weighted by atomic mass is 32.2. The van der Waals surface area contributed by atoms with Crippen LogP contribution in [-0.4, -0.2) is 38.0 Å². The molecule has 9 heteroatoms. The van der Waals surface area contributed by atoms with Crippen molar-refractivity contribution in [2.24, 2.45) is 5.92 Å². The fraction of sp³-hybridized carbons (Fsp3) is 0.500. The molecule has 21 heavy (non-hydrogen) atoms. The molecule has 1 saturated carbocycles. The second-order valence-electron chi connectivity index (χ2n) is 4.87. The molecular formula is C12H16N2O5S2. The van der Waals surface area contributed by atoms with Crippen LogP contribution in [0.2, 0.25) is 0 Å². The number of thiophene rings is 1. The van der Waals surface area contributed by atoms with Crippen LogP contribution in [0.3, 0.4) is 0 Å². The Morgan fingerprint density at radius 1 is 1.38 bits per heavy atom. The number of nitrogens with one attached hydrogen (secondary N) is 2. The Kier molecular flexibility index (Phi) is 4.96. The molecule has 0 aromatic carbocycles. The third-order valence-electron chi connectivity index (χ3n) is 3.33. The van der Waals surface area contributed by atoms with Crippen molar-refractivity contribution in [2.75, 3.05) is 6.54 Å². The average molecular weight is 332 g/mol. The molecule has 7 nitrogen and oxygen atoms in total. The van der Waals surface area contributed by atoms with Gasteiger partial charge in [0.2, 0.25) is 5.91 Å². The molecule has 1 aromatic heterocycles. The molecule has 0 radical (unpaired) electrons. The summed E-state index contributed by atoms with van der Waals surface area (Å²) < 4.78 is 26.0. The van der Waals surface area contributed by atoms with Crippen molar-refractivity contribution in [3.63, 3.8) is 0 Å². The van der Waals surface area contributed by atoms with Crippen LogP contribution >= 0.6 is 11.3 Å². The topological polar surface area (TPSA) is 113 Å². The molecule has 1 aliphatic rings. The Balaban J connectivity index is 1.80. The Hall–Kier alpha value is -1.45. The molecule has 1 amide bonds. The number of hydrogen-bond donors (Lipinski definition) is 3. The normalized spacial score (nSPS) is 22.1. The minimum atomic E-state index is -3.66. The van der Waals surface area contributed by atoms with Gasteiger partial charge in [-0.1, -0.05) is 6.07 Å². The summed E-state index contributed by atoms with van der Waals surface area (Å²) in [4.78, 5) is 22.5. The van der Waals surface area contributed by atoms with Crippen LogP contribution in [0.15, 0.2) is 21.7 Å². The van der Waals surface area contributed by atoms with Gasteiger partial charge >= 0.3 is 5.97 Å². The van der Waals surface area contributed by atoms with Gasteiger partial charge in [0, 0.05) is 6.04 Å². The predicted molar refractivity (Wildman–Crippen MR) is 76.4 cm³/mol. The van der Waals surface area contributed by atoms with Gasteiger partial charge in [0.05, 0.1) is 12.5 Å². The first-order valence-electron chi connectivity index (χ1n) is 6.44. The number of carbonyl (C=O) groups excluding carboxylic acids is 1. The average Bonchev–Trinajstić information content (AvgIpc) is 3.07. The van der Waals surface area contributed by atoms with Gasteiger partial charge in [-0.25, -0.2) is 13.1 Å². The lowest BCUT2D eigenvalue weighted by atomic mass is 10.1. The maximum absolute atomic E-state index is 11.8. The highest BCUT2D eigenvalue weighted by Gasteiger charge is 2.30. The smallest absolute Gasteiger partial charge is 0.306 e. The number of amides is 1. The molecule has 2 rings (SSSR count). The van der Waals surface area contributed by atoms with Gasteiger partial charge in [0.15, 0.2) is 0 Å². The number of rotatable bonds is 6. The highest BCUT2D eigenvalue weighted by Crippen LogP contribution is 2.25. The number of carbonyl (C=O) groups is 2. The number of aliphatic carboxylic acids is 1. The van der Waals surface area contributed by atoms with Crippen LogP contribution in [0.25, 0.3) is 0 Å². The first-order chi connectivity index (χ1) is 9.88. The van der Waals surface area contributed by atoms with Crippen molar-refractivity contribution in [3.05, 3.63) is 17.5 Å². The molecule has 0 aliphatic heterocycles. The molecule has 1 aliphatic carbocycles. The summed E-state index contributed by atoms with van der Waals surface area (Å²) in [6.07, 6.45) is 1.51. The quantitative estimate of drug-likeness (QED) is 0.698. The highest BCUT2D eigenvalue weighted by molar-refractivity contribution is 7.91. The first-order valence-corrected chi connectivity index (χ1v) is 8.80. The van der Waals surface area contributed by atoms with Crippen molar-refractivity contribution < 1.29 is 23.1 Å². The summed E-state index contributed by atoms with van der Waals surface area (Å²) in [6.45, 7) is -0.353. The molecule has 0 bridgehead atoms. The number of sulfonamides is 1. The van der Waals surface area contributed by atoms with Crippen molar-refractivity contribution >= 4 is 33.2 Å². The van der Waals surface area contributed by atoms with E-state index in [-0.39, 0.29) is 16.8 Å². The standard InChI is InChI=1S/C12H16N2O5S2/c15-10(14-9-4-3-8(6-9)12(16)17)7-13-21(18,19)11-2-1-5-20-11/h1-2,5,8-9,13H,3-4,6-7H2,(H,14,15)(H,16,17)/t8-,9+/m1/s1. The summed E-state index contributed by atoms with van der Waals surface area (Å²) in [5.74, 6) is -1.74. The maximum Gasteiger partial charge on any atom is 0.306 e. The predicted octanol–water partition coefficient (Wildman–Crippen LogP) is 0.396. The summed E-state index contributed by atoms with van der Waals surface area (Å²) in [5, 5.41) is 13.2. The number of hydrogen-bond acceptors (Lipinski definition) is 5. The van der Waals surface area contributed by atoms with Crippen LogP contribution in [0.4, 0.5) is 0 Å². The molecule has 1 fully saturated rings. The van der Waals surface area contributed by atoms with Crippen LogP contribution in [0.5, 0.6) is 0 Å². The van der Waals surface area contributed by atoms with Gasteiger partial charge < -0.3 is 10.4 Å². The van der Waals surface area contributed by atoms with E-state index in [2.05, 4.69) is 10.0 Å². The monoisotopic (exact) mass is 332 g/mol. The fourth-order valence-corrected chi connectivity index (χ4v) is 4.28. The number of carboxylic acids is 1. The molecule has 0 unspecified atom stereocenters. The molecule has 3 N–H and O–H groups in total. The third kappa shape index (κ3) is 4.26. The maximum atomic E-state index is 11.8. The zero-order chi connectivity index (χ0) is 15.5. The van der Waals surface area contributed by atoms with E-state index >= 15 is 0 Å². The minimum absolute atomic E-state index is 0.155. The van der Waals surface area contributed by atoms with Crippen LogP contribution < -0.4 is 10.0 Å². The minimum Gasteiger partial charge on any atom is -0.481 e. The fourth-order valence-electron chi connectivity index (χ4n) is 2.26. The van der Waals surface area contributed by atoms with E-state index in [1.54, 1.807) is 11.4 Å². The second kappa shape index (κ2) is 6.54. The molecule has 1 heterocycles. The molecule has 0 saturated heterocycles. The Bertz CT molecular complexity index is 612. The molecule has 116 valence electrons. The van der Waals surface area contributed by atoms with Crippen molar-refractivity contribution in [2.45, 2.75) is 29.5 Å². The van der Waals surface area contributed by atoms with Crippen LogP contribution in [0, 0.1) is 5.92 Å². The van der Waals surface area contributed by atoms with Gasteiger partial charge in [-0.15, -0.1) is 11.3 Å². The largest absolute Gasteiger partial charge is 0.481 e. The van der Waals surface area contributed by atoms with E-state index in [4.69, 9.17) is 5.11 Å².